The number of aliphatic carboxylic acids is 1. The van der Waals surface area contributed by atoms with E-state index in [9.17, 15) is 9.90 Å². The largest absolute Gasteiger partial charge is 0.493 e. The molecule has 156 valence electrons. The van der Waals surface area contributed by atoms with Crippen molar-refractivity contribution in [3.8, 4) is 11.5 Å². The van der Waals surface area contributed by atoms with E-state index in [0.29, 0.717) is 38.1 Å². The molecule has 1 heterocycles. The van der Waals surface area contributed by atoms with Gasteiger partial charge in [0.15, 0.2) is 11.5 Å². The Kier molecular flexibility index (Phi) is 7.25. The molecule has 3 rings (SSSR count). The Hall–Kier alpha value is -2.68. The molecule has 0 fully saturated rings. The number of ether oxygens (including phenoxy) is 2. The number of halogens is 2. The predicted molar refractivity (Wildman–Crippen MR) is 116 cm³/mol. The van der Waals surface area contributed by atoms with Crippen LogP contribution in [-0.4, -0.2) is 33.4 Å². The van der Waals surface area contributed by atoms with Gasteiger partial charge >= 0.3 is 5.97 Å². The standard InChI is InChI=1S/C20H17Cl2N3O4S/c1-11-23-20(25-24-11)30-18(19(26)27)9-12-4-6-16(17(8-12)28-2)29-10-13-3-5-14(21)15(22)7-13/h3-9H,10H2,1-2H3,(H,26,27)(H,23,24,25)/b18-9-. The zero-order valence-corrected chi connectivity index (χ0v) is 18.3. The fourth-order valence-electron chi connectivity index (χ4n) is 2.44. The predicted octanol–water partition coefficient (Wildman–Crippen LogP) is 5.23. The Balaban J connectivity index is 1.78. The number of methoxy groups -OCH3 is 1. The summed E-state index contributed by atoms with van der Waals surface area (Å²) in [7, 11) is 1.51. The molecular weight excluding hydrogens is 449 g/mol. The lowest BCUT2D eigenvalue weighted by Crippen LogP contribution is -1.99. The van der Waals surface area contributed by atoms with Crippen molar-refractivity contribution in [2.45, 2.75) is 18.7 Å². The molecule has 0 bridgehead atoms. The molecule has 3 aromatic rings. The average Bonchev–Trinajstić information content (AvgIpc) is 3.13. The molecule has 0 atom stereocenters. The second-order valence-electron chi connectivity index (χ2n) is 6.07. The summed E-state index contributed by atoms with van der Waals surface area (Å²) in [4.78, 5) is 15.8. The highest BCUT2D eigenvalue weighted by molar-refractivity contribution is 8.04. The Labute approximate surface area is 187 Å². The number of benzene rings is 2. The zero-order valence-electron chi connectivity index (χ0n) is 16.0. The first-order chi connectivity index (χ1) is 14.4. The number of H-pyrrole nitrogens is 1. The van der Waals surface area contributed by atoms with Crippen LogP contribution in [0, 0.1) is 6.92 Å². The van der Waals surface area contributed by atoms with Crippen LogP contribution in [0.5, 0.6) is 11.5 Å². The molecule has 7 nitrogen and oxygen atoms in total. The van der Waals surface area contributed by atoms with Crippen LogP contribution in [0.1, 0.15) is 17.0 Å². The molecule has 0 spiro atoms. The van der Waals surface area contributed by atoms with Gasteiger partial charge in [-0.25, -0.2) is 9.78 Å². The van der Waals surface area contributed by atoms with E-state index in [-0.39, 0.29) is 11.5 Å². The lowest BCUT2D eigenvalue weighted by atomic mass is 10.2. The molecule has 0 unspecified atom stereocenters. The highest BCUT2D eigenvalue weighted by Crippen LogP contribution is 2.32. The fourth-order valence-corrected chi connectivity index (χ4v) is 3.51. The van der Waals surface area contributed by atoms with Crippen LogP contribution >= 0.6 is 35.0 Å². The van der Waals surface area contributed by atoms with Crippen LogP contribution in [0.15, 0.2) is 46.5 Å². The first kappa shape index (κ1) is 22.0. The van der Waals surface area contributed by atoms with Crippen LogP contribution in [0.3, 0.4) is 0 Å². The van der Waals surface area contributed by atoms with Crippen molar-refractivity contribution in [2.75, 3.05) is 7.11 Å². The molecule has 0 aliphatic heterocycles. The summed E-state index contributed by atoms with van der Waals surface area (Å²) < 4.78 is 11.2. The Morgan fingerprint density at radius 3 is 2.63 bits per heavy atom. The molecular formula is C20H17Cl2N3O4S. The van der Waals surface area contributed by atoms with Crippen LogP contribution in [-0.2, 0) is 11.4 Å². The molecule has 2 aromatic carbocycles. The first-order valence-corrected chi connectivity index (χ1v) is 10.2. The van der Waals surface area contributed by atoms with E-state index in [1.807, 2.05) is 6.07 Å². The third-order valence-corrected chi connectivity index (χ3v) is 5.47. The number of nitrogens with one attached hydrogen (secondary N) is 1. The van der Waals surface area contributed by atoms with Gasteiger partial charge in [-0.1, -0.05) is 35.3 Å². The van der Waals surface area contributed by atoms with Gasteiger partial charge in [0.05, 0.1) is 17.2 Å². The maximum Gasteiger partial charge on any atom is 0.342 e. The molecule has 10 heteroatoms. The number of hydrogen-bond donors (Lipinski definition) is 2. The maximum absolute atomic E-state index is 11.6. The third kappa shape index (κ3) is 5.69. The van der Waals surface area contributed by atoms with E-state index in [4.69, 9.17) is 32.7 Å². The third-order valence-electron chi connectivity index (χ3n) is 3.85. The van der Waals surface area contributed by atoms with Crippen LogP contribution in [0.25, 0.3) is 6.08 Å². The molecule has 0 amide bonds. The number of carboxylic acid groups (broad SMARTS) is 1. The van der Waals surface area contributed by atoms with Crippen LogP contribution in [0.4, 0.5) is 0 Å². The van der Waals surface area contributed by atoms with Gasteiger partial charge in [0.1, 0.15) is 17.3 Å². The fraction of sp³-hybridized carbons (Fsp3) is 0.150. The normalized spacial score (nSPS) is 11.4. The number of nitrogens with zero attached hydrogens (tertiary/aromatic N) is 2. The maximum atomic E-state index is 11.6. The topological polar surface area (TPSA) is 97.3 Å². The van der Waals surface area contributed by atoms with Crippen molar-refractivity contribution in [2.24, 2.45) is 0 Å². The number of hydrogen-bond acceptors (Lipinski definition) is 6. The molecule has 0 aliphatic rings. The Morgan fingerprint density at radius 1 is 1.20 bits per heavy atom. The summed E-state index contributed by atoms with van der Waals surface area (Å²) in [5.41, 5.74) is 1.48. The van der Waals surface area contributed by atoms with E-state index in [2.05, 4.69) is 15.2 Å². The van der Waals surface area contributed by atoms with E-state index in [1.54, 1.807) is 37.3 Å². The summed E-state index contributed by atoms with van der Waals surface area (Å²) in [5.74, 6) is 0.496. The second-order valence-corrected chi connectivity index (χ2v) is 7.89. The van der Waals surface area contributed by atoms with Gasteiger partial charge in [-0.3, -0.25) is 5.10 Å². The minimum atomic E-state index is -1.08. The van der Waals surface area contributed by atoms with Crippen molar-refractivity contribution in [3.05, 3.63) is 68.3 Å². The van der Waals surface area contributed by atoms with Crippen molar-refractivity contribution in [1.82, 2.24) is 15.2 Å². The van der Waals surface area contributed by atoms with Gasteiger partial charge in [0.25, 0.3) is 0 Å². The summed E-state index contributed by atoms with van der Waals surface area (Å²) in [6.07, 6.45) is 1.52. The Bertz CT molecular complexity index is 1100. The second kappa shape index (κ2) is 9.88. The van der Waals surface area contributed by atoms with Gasteiger partial charge < -0.3 is 14.6 Å². The van der Waals surface area contributed by atoms with Crippen molar-refractivity contribution < 1.29 is 19.4 Å². The quantitative estimate of drug-likeness (QED) is 0.347. The number of aromatic nitrogens is 3. The number of aryl methyl sites for hydroxylation is 1. The highest BCUT2D eigenvalue weighted by Gasteiger charge is 2.14. The van der Waals surface area contributed by atoms with Crippen molar-refractivity contribution >= 4 is 47.0 Å². The van der Waals surface area contributed by atoms with Gasteiger partial charge in [-0.15, -0.1) is 5.10 Å². The van der Waals surface area contributed by atoms with Crippen LogP contribution < -0.4 is 9.47 Å². The SMILES string of the molecule is COc1cc(/C=C(\Sc2n[nH]c(C)n2)C(=O)O)ccc1OCc1ccc(Cl)c(Cl)c1. The smallest absolute Gasteiger partial charge is 0.342 e. The zero-order chi connectivity index (χ0) is 21.7. The van der Waals surface area contributed by atoms with Gasteiger partial charge in [0.2, 0.25) is 5.16 Å². The van der Waals surface area contributed by atoms with E-state index < -0.39 is 5.97 Å². The monoisotopic (exact) mass is 465 g/mol. The van der Waals surface area contributed by atoms with E-state index in [0.717, 1.165) is 17.3 Å². The molecule has 1 aromatic heterocycles. The van der Waals surface area contributed by atoms with E-state index >= 15 is 0 Å². The number of carbonyl (C=O) groups is 1. The Morgan fingerprint density at radius 2 is 2.00 bits per heavy atom. The molecule has 0 aliphatic carbocycles. The lowest BCUT2D eigenvalue weighted by Gasteiger charge is -2.12. The summed E-state index contributed by atoms with van der Waals surface area (Å²) >= 11 is 12.9. The minimum absolute atomic E-state index is 0.0699. The summed E-state index contributed by atoms with van der Waals surface area (Å²) in [6.45, 7) is 2.01. The molecule has 0 saturated heterocycles. The van der Waals surface area contributed by atoms with Crippen molar-refractivity contribution in [1.29, 1.82) is 0 Å². The lowest BCUT2D eigenvalue weighted by molar-refractivity contribution is -0.131. The first-order valence-electron chi connectivity index (χ1n) is 8.62. The number of carboxylic acids is 1. The average molecular weight is 466 g/mol. The van der Waals surface area contributed by atoms with Crippen molar-refractivity contribution in [3.63, 3.8) is 0 Å². The van der Waals surface area contributed by atoms with Gasteiger partial charge in [-0.05, 0) is 60.2 Å². The molecule has 0 radical (unpaired) electrons. The van der Waals surface area contributed by atoms with Gasteiger partial charge in [-0.2, -0.15) is 0 Å². The summed E-state index contributed by atoms with van der Waals surface area (Å²) in [5, 5.41) is 17.4. The highest BCUT2D eigenvalue weighted by atomic mass is 35.5. The van der Waals surface area contributed by atoms with E-state index in [1.165, 1.54) is 13.2 Å². The molecule has 2 N–H and O–H groups in total. The number of rotatable bonds is 8. The minimum Gasteiger partial charge on any atom is -0.493 e. The van der Waals surface area contributed by atoms with Gasteiger partial charge in [0, 0.05) is 0 Å². The number of aromatic amines is 1. The number of thioether (sulfide) groups is 1. The van der Waals surface area contributed by atoms with Crippen LogP contribution in [0.2, 0.25) is 10.0 Å². The summed E-state index contributed by atoms with van der Waals surface area (Å²) in [6, 6.07) is 10.4. The molecule has 0 saturated carbocycles. The molecule has 30 heavy (non-hydrogen) atoms.